The van der Waals surface area contributed by atoms with Crippen molar-refractivity contribution in [3.63, 3.8) is 0 Å². The molecule has 43 heavy (non-hydrogen) atoms. The van der Waals surface area contributed by atoms with Crippen LogP contribution in [0.5, 0.6) is 0 Å². The number of nitrogens with zero attached hydrogens (tertiary/aromatic N) is 1. The average molecular weight is 593 g/mol. The number of allylic oxidation sites excluding steroid dienone is 1. The maximum absolute atomic E-state index is 12.7. The van der Waals surface area contributed by atoms with E-state index in [9.17, 15) is 14.8 Å². The smallest absolute Gasteiger partial charge is 0.306 e. The van der Waals surface area contributed by atoms with Gasteiger partial charge in [0.05, 0.1) is 6.42 Å². The molecule has 0 unspecified atom stereocenters. The number of amides is 1. The van der Waals surface area contributed by atoms with Gasteiger partial charge in [-0.2, -0.15) is 4.73 Å². The molecule has 4 aliphatic carbocycles. The predicted molar refractivity (Wildman–Crippen MR) is 169 cm³/mol. The Balaban J connectivity index is 1.11. The highest BCUT2D eigenvalue weighted by Crippen LogP contribution is 2.67. The van der Waals surface area contributed by atoms with Crippen LogP contribution in [0, 0.1) is 51.5 Å². The van der Waals surface area contributed by atoms with E-state index in [0.717, 1.165) is 60.3 Å². The van der Waals surface area contributed by atoms with Crippen molar-refractivity contribution >= 4 is 11.9 Å². The Kier molecular flexibility index (Phi) is 9.92. The Morgan fingerprint density at radius 3 is 2.53 bits per heavy atom. The number of esters is 1. The van der Waals surface area contributed by atoms with Gasteiger partial charge < -0.3 is 15.3 Å². The number of hydrogen-bond donors (Lipinski definition) is 1. The molecule has 8 atom stereocenters. The number of hydrogen-bond acceptors (Lipinski definition) is 4. The number of carbonyl (C=O) groups excluding carboxylic acids is 2. The molecule has 1 N–H and O–H groups in total. The van der Waals surface area contributed by atoms with Crippen LogP contribution in [0.1, 0.15) is 124 Å². The molecular weight excluding hydrogens is 536 g/mol. The molecule has 1 aromatic rings. The summed E-state index contributed by atoms with van der Waals surface area (Å²) in [5, 5.41) is 14.0. The highest BCUT2D eigenvalue weighted by atomic mass is 16.5. The van der Waals surface area contributed by atoms with Gasteiger partial charge in [-0.25, -0.2) is 0 Å². The van der Waals surface area contributed by atoms with E-state index in [-0.39, 0.29) is 36.2 Å². The Hall–Kier alpha value is -2.37. The largest absolute Gasteiger partial charge is 0.619 e. The van der Waals surface area contributed by atoms with Gasteiger partial charge in [0, 0.05) is 31.5 Å². The molecule has 3 saturated carbocycles. The highest BCUT2D eigenvalue weighted by Gasteiger charge is 2.59. The zero-order chi connectivity index (χ0) is 30.8. The van der Waals surface area contributed by atoms with Gasteiger partial charge in [-0.05, 0) is 96.8 Å². The Morgan fingerprint density at radius 1 is 1.02 bits per heavy atom. The van der Waals surface area contributed by atoms with Gasteiger partial charge in [-0.1, -0.05) is 65.5 Å². The van der Waals surface area contributed by atoms with E-state index in [1.807, 2.05) is 0 Å². The molecular formula is C37H56N2O4. The Morgan fingerprint density at radius 2 is 1.79 bits per heavy atom. The fourth-order valence-electron chi connectivity index (χ4n) is 10.1. The monoisotopic (exact) mass is 592 g/mol. The van der Waals surface area contributed by atoms with E-state index < -0.39 is 0 Å². The number of carbonyl (C=O) groups is 2. The van der Waals surface area contributed by atoms with Crippen LogP contribution in [-0.2, 0) is 20.9 Å². The second kappa shape index (κ2) is 13.3. The summed E-state index contributed by atoms with van der Waals surface area (Å²) in [6.07, 6.45) is 19.2. The summed E-state index contributed by atoms with van der Waals surface area (Å²) in [6.45, 7) is 12.8. The molecule has 0 aromatic carbocycles. The number of rotatable bonds is 11. The summed E-state index contributed by atoms with van der Waals surface area (Å²) >= 11 is 0. The summed E-state index contributed by atoms with van der Waals surface area (Å²) in [5.74, 6) is 4.47. The van der Waals surface area contributed by atoms with Crippen molar-refractivity contribution in [1.82, 2.24) is 5.32 Å². The lowest BCUT2D eigenvalue weighted by atomic mass is 9.47. The normalized spacial score (nSPS) is 34.0. The molecule has 0 aliphatic heterocycles. The van der Waals surface area contributed by atoms with Gasteiger partial charge in [0.25, 0.3) is 0 Å². The first-order valence-corrected chi connectivity index (χ1v) is 17.3. The third-order valence-corrected chi connectivity index (χ3v) is 12.5. The molecule has 1 heterocycles. The molecule has 1 aromatic heterocycles. The van der Waals surface area contributed by atoms with Gasteiger partial charge >= 0.3 is 5.97 Å². The first-order valence-electron chi connectivity index (χ1n) is 17.3. The maximum atomic E-state index is 12.7. The lowest BCUT2D eigenvalue weighted by molar-refractivity contribution is -0.605. The standard InChI is InChI=1S/C37H56N2O4/c1-25(2)7-6-8-26(3)31-11-12-32-30-10-9-28-23-29(15-19-36(28,4)33(30)16-20-37(31,32)5)43-35(41)14-13-34(40)38-24-27-17-21-39(42)22-18-27/h9,17-18,21-22,25-26,29-33H,6-8,10-16,19-20,23-24H2,1-5H3,(H,38,40)/t26-,29+,30+,31-,32+,33+,36+,37-/m1/s1. The fourth-order valence-corrected chi connectivity index (χ4v) is 10.1. The summed E-state index contributed by atoms with van der Waals surface area (Å²) in [5.41, 5.74) is 3.10. The predicted octanol–water partition coefficient (Wildman–Crippen LogP) is 7.67. The molecule has 1 amide bonds. The lowest BCUT2D eigenvalue weighted by Crippen LogP contribution is -2.51. The van der Waals surface area contributed by atoms with Crippen molar-refractivity contribution < 1.29 is 19.1 Å². The lowest BCUT2D eigenvalue weighted by Gasteiger charge is -2.58. The van der Waals surface area contributed by atoms with Crippen LogP contribution in [0.2, 0.25) is 0 Å². The first kappa shape index (κ1) is 32.0. The highest BCUT2D eigenvalue weighted by molar-refractivity contribution is 5.81. The van der Waals surface area contributed by atoms with Crippen molar-refractivity contribution in [2.45, 2.75) is 131 Å². The summed E-state index contributed by atoms with van der Waals surface area (Å²) in [6, 6.07) is 3.35. The third kappa shape index (κ3) is 6.99. The van der Waals surface area contributed by atoms with Gasteiger partial charge in [0.1, 0.15) is 6.10 Å². The van der Waals surface area contributed by atoms with Gasteiger partial charge in [-0.15, -0.1) is 0 Å². The van der Waals surface area contributed by atoms with Crippen molar-refractivity contribution in [2.24, 2.45) is 46.3 Å². The Labute approximate surface area is 260 Å². The number of nitrogens with one attached hydrogen (secondary N) is 1. The zero-order valence-corrected chi connectivity index (χ0v) is 27.4. The van der Waals surface area contributed by atoms with E-state index in [4.69, 9.17) is 4.74 Å². The van der Waals surface area contributed by atoms with E-state index >= 15 is 0 Å². The number of aromatic nitrogens is 1. The van der Waals surface area contributed by atoms with Crippen LogP contribution in [0.3, 0.4) is 0 Å². The zero-order valence-electron chi connectivity index (χ0n) is 27.4. The van der Waals surface area contributed by atoms with Crippen LogP contribution < -0.4 is 10.0 Å². The minimum Gasteiger partial charge on any atom is -0.619 e. The molecule has 6 heteroatoms. The maximum Gasteiger partial charge on any atom is 0.306 e. The van der Waals surface area contributed by atoms with Gasteiger partial charge in [-0.3, -0.25) is 9.59 Å². The number of pyridine rings is 1. The van der Waals surface area contributed by atoms with Crippen LogP contribution >= 0.6 is 0 Å². The van der Waals surface area contributed by atoms with Crippen molar-refractivity contribution in [2.75, 3.05) is 0 Å². The fraction of sp³-hybridized carbons (Fsp3) is 0.757. The quantitative estimate of drug-likeness (QED) is 0.124. The Bertz CT molecular complexity index is 1160. The summed E-state index contributed by atoms with van der Waals surface area (Å²) in [7, 11) is 0. The van der Waals surface area contributed by atoms with Crippen LogP contribution in [-0.4, -0.2) is 18.0 Å². The van der Waals surface area contributed by atoms with Crippen molar-refractivity contribution in [1.29, 1.82) is 0 Å². The SMILES string of the molecule is CC(C)CCC[C@@H](C)[C@H]1CC[C@H]2[C@@H]3CC=C4C[C@@H](OC(=O)CCC(=O)NCc5cc[n+]([O-])cc5)CC[C@]4(C)[C@H]3CC[C@]12C. The van der Waals surface area contributed by atoms with E-state index in [1.165, 1.54) is 69.3 Å². The summed E-state index contributed by atoms with van der Waals surface area (Å²) < 4.78 is 6.63. The average Bonchev–Trinajstić information content (AvgIpc) is 3.33. The molecule has 0 radical (unpaired) electrons. The molecule has 6 nitrogen and oxygen atoms in total. The minimum absolute atomic E-state index is 0.0778. The van der Waals surface area contributed by atoms with E-state index in [2.05, 4.69) is 46.0 Å². The first-order chi connectivity index (χ1) is 20.5. The van der Waals surface area contributed by atoms with Crippen LogP contribution in [0.25, 0.3) is 0 Å². The minimum atomic E-state index is -0.280. The molecule has 0 bridgehead atoms. The topological polar surface area (TPSA) is 82.3 Å². The van der Waals surface area contributed by atoms with Crippen LogP contribution in [0.4, 0.5) is 0 Å². The van der Waals surface area contributed by atoms with E-state index in [0.29, 0.717) is 16.7 Å². The third-order valence-electron chi connectivity index (χ3n) is 12.5. The summed E-state index contributed by atoms with van der Waals surface area (Å²) in [4.78, 5) is 25.0. The molecule has 4 aliphatic rings. The molecule has 5 rings (SSSR count). The van der Waals surface area contributed by atoms with E-state index in [1.54, 1.807) is 12.1 Å². The molecule has 238 valence electrons. The molecule has 3 fully saturated rings. The number of fused-ring (bicyclic) bond motifs is 5. The molecule has 0 spiro atoms. The van der Waals surface area contributed by atoms with Gasteiger partial charge in [0.15, 0.2) is 12.4 Å². The number of ether oxygens (including phenoxy) is 1. The van der Waals surface area contributed by atoms with Crippen molar-refractivity contribution in [3.8, 4) is 0 Å². The van der Waals surface area contributed by atoms with Crippen LogP contribution in [0.15, 0.2) is 36.2 Å². The second-order valence-electron chi connectivity index (χ2n) is 15.5. The van der Waals surface area contributed by atoms with Gasteiger partial charge in [0.2, 0.25) is 5.91 Å². The van der Waals surface area contributed by atoms with Crippen molar-refractivity contribution in [3.05, 3.63) is 46.9 Å². The second-order valence-corrected chi connectivity index (χ2v) is 15.5. The molecule has 0 saturated heterocycles.